The highest BCUT2D eigenvalue weighted by Gasteiger charge is 2.07. The quantitative estimate of drug-likeness (QED) is 0.590. The molecule has 0 atom stereocenters. The maximum Gasteiger partial charge on any atom is 0.193 e. The molecule has 0 aliphatic carbocycles. The smallest absolute Gasteiger partial charge is 0.193 e. The Morgan fingerprint density at radius 2 is 2.55 bits per heavy atom. The number of nitrogens with zero attached hydrogens (tertiary/aromatic N) is 2. The van der Waals surface area contributed by atoms with Crippen molar-refractivity contribution >= 4 is 5.57 Å². The van der Waals surface area contributed by atoms with Crippen molar-refractivity contribution in [1.29, 1.82) is 0 Å². The van der Waals surface area contributed by atoms with E-state index in [9.17, 15) is 0 Å². The third kappa shape index (κ3) is 1.30. The van der Waals surface area contributed by atoms with Gasteiger partial charge >= 0.3 is 0 Å². The van der Waals surface area contributed by atoms with E-state index >= 15 is 0 Å². The summed E-state index contributed by atoms with van der Waals surface area (Å²) in [5.74, 6) is 0.784. The van der Waals surface area contributed by atoms with Gasteiger partial charge in [0.1, 0.15) is 0 Å². The SMILES string of the molecule is [c]1nc(C2=CCNCC2)n[nH]1. The topological polar surface area (TPSA) is 53.6 Å². The van der Waals surface area contributed by atoms with Crippen LogP contribution in [0.1, 0.15) is 12.2 Å². The Hall–Kier alpha value is -1.16. The first kappa shape index (κ1) is 6.54. The van der Waals surface area contributed by atoms with Crippen molar-refractivity contribution in [2.24, 2.45) is 0 Å². The van der Waals surface area contributed by atoms with E-state index in [0.29, 0.717) is 0 Å². The fraction of sp³-hybridized carbons (Fsp3) is 0.429. The van der Waals surface area contributed by atoms with E-state index in [4.69, 9.17) is 0 Å². The maximum atomic E-state index is 3.95. The Balaban J connectivity index is 2.22. The zero-order valence-corrected chi connectivity index (χ0v) is 6.09. The van der Waals surface area contributed by atoms with Gasteiger partial charge in [-0.25, -0.2) is 4.98 Å². The molecule has 57 valence electrons. The summed E-state index contributed by atoms with van der Waals surface area (Å²) in [4.78, 5) is 3.95. The van der Waals surface area contributed by atoms with Gasteiger partial charge in [0.25, 0.3) is 0 Å². The first-order chi connectivity index (χ1) is 5.47. The van der Waals surface area contributed by atoms with Crippen molar-refractivity contribution in [3.05, 3.63) is 18.2 Å². The highest BCUT2D eigenvalue weighted by atomic mass is 15.2. The molecule has 0 saturated carbocycles. The fourth-order valence-electron chi connectivity index (χ4n) is 1.15. The number of H-pyrrole nitrogens is 1. The van der Waals surface area contributed by atoms with Crippen LogP contribution in [0.4, 0.5) is 0 Å². The van der Waals surface area contributed by atoms with Crippen LogP contribution in [0, 0.1) is 6.33 Å². The highest BCUT2D eigenvalue weighted by Crippen LogP contribution is 2.13. The van der Waals surface area contributed by atoms with Gasteiger partial charge in [0.05, 0.1) is 0 Å². The zero-order chi connectivity index (χ0) is 7.52. The van der Waals surface area contributed by atoms with Crippen LogP contribution in [0.3, 0.4) is 0 Å². The molecule has 0 fully saturated rings. The lowest BCUT2D eigenvalue weighted by atomic mass is 10.1. The molecule has 2 rings (SSSR count). The predicted octanol–water partition coefficient (Wildman–Crippen LogP) is -0.0184. The minimum Gasteiger partial charge on any atom is -0.313 e. The lowest BCUT2D eigenvalue weighted by molar-refractivity contribution is 0.734. The molecular formula is C7H9N4. The van der Waals surface area contributed by atoms with Gasteiger partial charge in [-0.1, -0.05) is 6.08 Å². The van der Waals surface area contributed by atoms with Gasteiger partial charge in [0, 0.05) is 6.54 Å². The zero-order valence-electron chi connectivity index (χ0n) is 6.09. The summed E-state index contributed by atoms with van der Waals surface area (Å²) >= 11 is 0. The van der Waals surface area contributed by atoms with Crippen molar-refractivity contribution in [3.63, 3.8) is 0 Å². The molecule has 11 heavy (non-hydrogen) atoms. The standard InChI is InChI=1S/C7H9N4/c1-3-8-4-2-6(1)7-9-5-10-11-7/h1,8H,2-4H2,(H,9,10,11). The molecule has 0 amide bonds. The van der Waals surface area contributed by atoms with Crippen molar-refractivity contribution in [2.45, 2.75) is 6.42 Å². The Morgan fingerprint density at radius 3 is 3.18 bits per heavy atom. The maximum absolute atomic E-state index is 3.95. The molecule has 0 spiro atoms. The third-order valence-electron chi connectivity index (χ3n) is 1.72. The van der Waals surface area contributed by atoms with E-state index in [1.54, 1.807) is 0 Å². The van der Waals surface area contributed by atoms with E-state index in [1.165, 1.54) is 5.57 Å². The van der Waals surface area contributed by atoms with Gasteiger partial charge in [0.15, 0.2) is 12.2 Å². The van der Waals surface area contributed by atoms with Crippen LogP contribution in [-0.4, -0.2) is 28.3 Å². The average molecular weight is 149 g/mol. The molecule has 1 aliphatic heterocycles. The molecule has 0 unspecified atom stereocenters. The van der Waals surface area contributed by atoms with Crippen LogP contribution in [-0.2, 0) is 0 Å². The normalized spacial score (nSPS) is 18.0. The van der Waals surface area contributed by atoms with E-state index in [2.05, 4.69) is 32.9 Å². The number of hydrogen-bond acceptors (Lipinski definition) is 3. The average Bonchev–Trinajstić information content (AvgIpc) is 2.58. The van der Waals surface area contributed by atoms with Gasteiger partial charge in [-0.2, -0.15) is 5.10 Å². The molecule has 2 N–H and O–H groups in total. The molecule has 0 bridgehead atoms. The highest BCUT2D eigenvalue weighted by molar-refractivity contribution is 5.60. The van der Waals surface area contributed by atoms with Gasteiger partial charge in [-0.05, 0) is 18.5 Å². The molecule has 1 aliphatic rings. The molecule has 4 heteroatoms. The molecular weight excluding hydrogens is 140 g/mol. The largest absolute Gasteiger partial charge is 0.313 e. The molecule has 4 nitrogen and oxygen atoms in total. The summed E-state index contributed by atoms with van der Waals surface area (Å²) in [7, 11) is 0. The second-order valence-electron chi connectivity index (χ2n) is 2.45. The van der Waals surface area contributed by atoms with Gasteiger partial charge in [-0.3, -0.25) is 5.10 Å². The van der Waals surface area contributed by atoms with E-state index < -0.39 is 0 Å². The number of nitrogens with one attached hydrogen (secondary N) is 2. The van der Waals surface area contributed by atoms with Crippen molar-refractivity contribution in [2.75, 3.05) is 13.1 Å². The van der Waals surface area contributed by atoms with Crippen LogP contribution < -0.4 is 5.32 Å². The lowest BCUT2D eigenvalue weighted by Gasteiger charge is -2.10. The molecule has 1 aromatic rings. The van der Waals surface area contributed by atoms with Crippen molar-refractivity contribution in [1.82, 2.24) is 20.5 Å². The first-order valence-electron chi connectivity index (χ1n) is 3.65. The van der Waals surface area contributed by atoms with Crippen molar-refractivity contribution in [3.8, 4) is 0 Å². The Morgan fingerprint density at radius 1 is 1.55 bits per heavy atom. The second-order valence-corrected chi connectivity index (χ2v) is 2.45. The molecule has 1 aromatic heterocycles. The molecule has 2 heterocycles. The number of hydrogen-bond donors (Lipinski definition) is 2. The summed E-state index contributed by atoms with van der Waals surface area (Å²) in [6.45, 7) is 1.93. The van der Waals surface area contributed by atoms with Gasteiger partial charge in [0.2, 0.25) is 0 Å². The second kappa shape index (κ2) is 2.84. The van der Waals surface area contributed by atoms with Crippen LogP contribution in [0.15, 0.2) is 6.08 Å². The summed E-state index contributed by atoms with van der Waals surface area (Å²) in [5, 5.41) is 9.76. The number of aromatic nitrogens is 3. The minimum absolute atomic E-state index is 0.784. The van der Waals surface area contributed by atoms with E-state index in [-0.39, 0.29) is 0 Å². The van der Waals surface area contributed by atoms with Crippen LogP contribution in [0.5, 0.6) is 0 Å². The summed E-state index contributed by atoms with van der Waals surface area (Å²) in [6, 6.07) is 0. The van der Waals surface area contributed by atoms with Crippen LogP contribution in [0.2, 0.25) is 0 Å². The third-order valence-corrected chi connectivity index (χ3v) is 1.72. The Labute approximate surface area is 64.7 Å². The number of rotatable bonds is 1. The lowest BCUT2D eigenvalue weighted by Crippen LogP contribution is -2.20. The number of aromatic amines is 1. The monoisotopic (exact) mass is 149 g/mol. The van der Waals surface area contributed by atoms with Crippen LogP contribution >= 0.6 is 0 Å². The van der Waals surface area contributed by atoms with Gasteiger partial charge in [-0.15, -0.1) is 0 Å². The predicted molar refractivity (Wildman–Crippen MR) is 40.7 cm³/mol. The molecule has 0 aromatic carbocycles. The minimum atomic E-state index is 0.784. The Kier molecular flexibility index (Phi) is 1.69. The molecule has 1 radical (unpaired) electrons. The van der Waals surface area contributed by atoms with E-state index in [0.717, 1.165) is 25.3 Å². The summed E-state index contributed by atoms with van der Waals surface area (Å²) in [5.41, 5.74) is 1.21. The first-order valence-corrected chi connectivity index (χ1v) is 3.65. The van der Waals surface area contributed by atoms with E-state index in [1.807, 2.05) is 0 Å². The summed E-state index contributed by atoms with van der Waals surface area (Å²) < 4.78 is 0. The fourth-order valence-corrected chi connectivity index (χ4v) is 1.15. The van der Waals surface area contributed by atoms with Crippen molar-refractivity contribution < 1.29 is 0 Å². The summed E-state index contributed by atoms with van der Waals surface area (Å²) in [6.07, 6.45) is 5.70. The molecule has 0 saturated heterocycles. The van der Waals surface area contributed by atoms with Gasteiger partial charge < -0.3 is 5.32 Å². The van der Waals surface area contributed by atoms with Crippen LogP contribution in [0.25, 0.3) is 5.57 Å². The Bertz CT molecular complexity index is 249.